The fraction of sp³-hybridized carbons (Fsp3) is 0.333. The van der Waals surface area contributed by atoms with Gasteiger partial charge in [0, 0.05) is 0 Å². The minimum absolute atomic E-state index is 0. The third-order valence-electron chi connectivity index (χ3n) is 1.95. The van der Waals surface area contributed by atoms with Gasteiger partial charge in [-0.1, -0.05) is 29.8 Å². The van der Waals surface area contributed by atoms with Gasteiger partial charge in [0.25, 0.3) is 0 Å². The van der Waals surface area contributed by atoms with E-state index in [0.29, 0.717) is 0 Å². The van der Waals surface area contributed by atoms with Crippen LogP contribution >= 0.6 is 8.03 Å². The summed E-state index contributed by atoms with van der Waals surface area (Å²) in [5.41, 5.74) is 1.88. The van der Waals surface area contributed by atoms with Crippen LogP contribution in [0.3, 0.4) is 0 Å². The van der Waals surface area contributed by atoms with Crippen molar-refractivity contribution in [1.82, 2.24) is 0 Å². The van der Waals surface area contributed by atoms with Gasteiger partial charge >= 0.3 is 0 Å². The minimum atomic E-state index is -2.43. The molecule has 0 radical (unpaired) electrons. The fourth-order valence-electron chi connectivity index (χ4n) is 0.998. The number of hydrogen-bond donors (Lipinski definition) is 1. The van der Waals surface area contributed by atoms with Crippen LogP contribution in [-0.4, -0.2) is 22.3 Å². The molecule has 2 nitrogen and oxygen atoms in total. The normalized spacial score (nSPS) is 14.4. The Kier molecular flexibility index (Phi) is 5.60. The molecule has 0 heterocycles. The third-order valence-corrected chi connectivity index (χ3v) is 3.02. The van der Waals surface area contributed by atoms with Crippen LogP contribution in [-0.2, 0) is 4.57 Å². The summed E-state index contributed by atoms with van der Waals surface area (Å²) < 4.78 is 10.8. The second-order valence-electron chi connectivity index (χ2n) is 2.97. The zero-order valence-corrected chi connectivity index (χ0v) is 8.24. The van der Waals surface area contributed by atoms with Gasteiger partial charge in [-0.05, 0) is 19.4 Å². The van der Waals surface area contributed by atoms with Gasteiger partial charge in [0.05, 0.1) is 5.66 Å². The highest BCUT2D eigenvalue weighted by Crippen LogP contribution is 2.36. The molecule has 0 fully saturated rings. The maximum absolute atomic E-state index is 10.8. The van der Waals surface area contributed by atoms with Gasteiger partial charge in [-0.25, -0.2) is 0 Å². The molecule has 13 heavy (non-hydrogen) atoms. The fourth-order valence-corrected chi connectivity index (χ4v) is 1.48. The van der Waals surface area contributed by atoms with Gasteiger partial charge in [0.1, 0.15) is 0 Å². The van der Waals surface area contributed by atoms with Crippen LogP contribution in [0.15, 0.2) is 24.3 Å². The first-order chi connectivity index (χ1) is 5.61. The van der Waals surface area contributed by atoms with E-state index in [9.17, 15) is 4.57 Å². The summed E-state index contributed by atoms with van der Waals surface area (Å²) in [4.78, 5) is 8.89. The minimum Gasteiger partial charge on any atom is -0.346 e. The molecule has 4 heteroatoms. The summed E-state index contributed by atoms with van der Waals surface area (Å²) >= 11 is 0. The van der Waals surface area contributed by atoms with Crippen molar-refractivity contribution < 1.29 is 9.46 Å². The van der Waals surface area contributed by atoms with Crippen LogP contribution in [0.4, 0.5) is 0 Å². The monoisotopic (exact) mass is 214 g/mol. The zero-order chi connectivity index (χ0) is 9.14. The SMILES string of the molecule is Cc1ccc(C(C)[PH](=O)O)cc1.[AlH3]. The van der Waals surface area contributed by atoms with Crippen LogP contribution in [0.5, 0.6) is 0 Å². The number of aryl methyl sites for hydroxylation is 1. The highest BCUT2D eigenvalue weighted by atomic mass is 31.1. The standard InChI is InChI=1S/C9H13O2P.Al.3H/c1-7-3-5-9(6-4-7)8(2)12(10)11;;;;/h3-6,8,12H,1-2H3,(H,10,11);;;;. The van der Waals surface area contributed by atoms with Crippen LogP contribution in [0.2, 0.25) is 0 Å². The molecule has 2 unspecified atom stereocenters. The molecule has 0 aliphatic rings. The van der Waals surface area contributed by atoms with Crippen LogP contribution < -0.4 is 0 Å². The lowest BCUT2D eigenvalue weighted by Crippen LogP contribution is -1.86. The van der Waals surface area contributed by atoms with Crippen molar-refractivity contribution in [2.24, 2.45) is 0 Å². The molecule has 0 aliphatic heterocycles. The largest absolute Gasteiger partial charge is 0.346 e. The van der Waals surface area contributed by atoms with Crippen molar-refractivity contribution in [2.75, 3.05) is 0 Å². The average Bonchev–Trinajstić information content (AvgIpc) is 2.04. The Hall–Kier alpha value is -0.0575. The van der Waals surface area contributed by atoms with E-state index in [2.05, 4.69) is 0 Å². The van der Waals surface area contributed by atoms with E-state index in [1.165, 1.54) is 5.56 Å². The van der Waals surface area contributed by atoms with Crippen LogP contribution in [0.25, 0.3) is 0 Å². The highest BCUT2D eigenvalue weighted by Gasteiger charge is 2.09. The van der Waals surface area contributed by atoms with E-state index in [1.54, 1.807) is 6.92 Å². The van der Waals surface area contributed by atoms with E-state index in [0.717, 1.165) is 5.56 Å². The molecule has 0 aromatic heterocycles. The Morgan fingerprint density at radius 1 is 1.31 bits per heavy atom. The molecule has 0 amide bonds. The molecule has 0 aliphatic carbocycles. The van der Waals surface area contributed by atoms with E-state index >= 15 is 0 Å². The lowest BCUT2D eigenvalue weighted by atomic mass is 10.1. The predicted octanol–water partition coefficient (Wildman–Crippen LogP) is 1.34. The first-order valence-electron chi connectivity index (χ1n) is 3.90. The van der Waals surface area contributed by atoms with Gasteiger partial charge in [0.15, 0.2) is 25.4 Å². The summed E-state index contributed by atoms with van der Waals surface area (Å²) in [5, 5.41) is 0. The molecule has 0 saturated carbocycles. The average molecular weight is 214 g/mol. The van der Waals surface area contributed by atoms with Crippen molar-refractivity contribution >= 4 is 25.4 Å². The molecular formula is C9H16AlO2P. The van der Waals surface area contributed by atoms with E-state index in [-0.39, 0.29) is 23.0 Å². The predicted molar refractivity (Wildman–Crippen MR) is 60.8 cm³/mol. The Balaban J connectivity index is 0.00000144. The highest BCUT2D eigenvalue weighted by molar-refractivity contribution is 7.38. The van der Waals surface area contributed by atoms with Gasteiger partial charge in [-0.3, -0.25) is 4.57 Å². The second kappa shape index (κ2) is 5.63. The molecule has 0 spiro atoms. The van der Waals surface area contributed by atoms with Gasteiger partial charge < -0.3 is 4.89 Å². The molecule has 1 N–H and O–H groups in total. The molecule has 72 valence electrons. The van der Waals surface area contributed by atoms with E-state index < -0.39 is 8.03 Å². The third kappa shape index (κ3) is 3.67. The van der Waals surface area contributed by atoms with Gasteiger partial charge in [-0.2, -0.15) is 0 Å². The van der Waals surface area contributed by atoms with E-state index in [1.807, 2.05) is 31.2 Å². The molecule has 2 atom stereocenters. The van der Waals surface area contributed by atoms with Gasteiger partial charge in [-0.15, -0.1) is 0 Å². The quantitative estimate of drug-likeness (QED) is 0.595. The molecular weight excluding hydrogens is 198 g/mol. The summed E-state index contributed by atoms with van der Waals surface area (Å²) in [6.07, 6.45) is 0. The van der Waals surface area contributed by atoms with Crippen molar-refractivity contribution in [3.63, 3.8) is 0 Å². The maximum Gasteiger partial charge on any atom is 0.196 e. The van der Waals surface area contributed by atoms with Crippen molar-refractivity contribution in [1.29, 1.82) is 0 Å². The summed E-state index contributed by atoms with van der Waals surface area (Å²) in [6.45, 7) is 3.77. The van der Waals surface area contributed by atoms with Crippen molar-refractivity contribution in [2.45, 2.75) is 19.5 Å². The Morgan fingerprint density at radius 3 is 2.15 bits per heavy atom. The molecule has 0 saturated heterocycles. The summed E-state index contributed by atoms with van der Waals surface area (Å²) in [6, 6.07) is 7.71. The first-order valence-corrected chi connectivity index (χ1v) is 5.34. The smallest absolute Gasteiger partial charge is 0.196 e. The second-order valence-corrected chi connectivity index (χ2v) is 4.51. The molecule has 1 aromatic rings. The van der Waals surface area contributed by atoms with Crippen molar-refractivity contribution in [3.8, 4) is 0 Å². The lowest BCUT2D eigenvalue weighted by molar-refractivity contribution is 0.493. The van der Waals surface area contributed by atoms with Crippen LogP contribution in [0.1, 0.15) is 23.7 Å². The lowest BCUT2D eigenvalue weighted by Gasteiger charge is -2.07. The number of rotatable bonds is 2. The summed E-state index contributed by atoms with van der Waals surface area (Å²) in [5.74, 6) is 0. The Labute approximate surface area is 90.0 Å². The first kappa shape index (κ1) is 12.9. The van der Waals surface area contributed by atoms with Crippen LogP contribution in [0, 0.1) is 6.92 Å². The van der Waals surface area contributed by atoms with Gasteiger partial charge in [0.2, 0.25) is 0 Å². The Morgan fingerprint density at radius 2 is 1.77 bits per heavy atom. The zero-order valence-electron chi connectivity index (χ0n) is 7.24. The summed E-state index contributed by atoms with van der Waals surface area (Å²) in [7, 11) is -2.43. The molecule has 1 aromatic carbocycles. The Bertz CT molecular complexity index is 284. The van der Waals surface area contributed by atoms with E-state index in [4.69, 9.17) is 4.89 Å². The maximum atomic E-state index is 10.8. The molecule has 1 rings (SSSR count). The molecule has 0 bridgehead atoms. The number of hydrogen-bond acceptors (Lipinski definition) is 1. The van der Waals surface area contributed by atoms with Crippen molar-refractivity contribution in [3.05, 3.63) is 35.4 Å². The topological polar surface area (TPSA) is 37.3 Å². The number of benzene rings is 1.